The summed E-state index contributed by atoms with van der Waals surface area (Å²) in [5, 5.41) is 10.7. The average molecular weight is 547 g/mol. The highest BCUT2D eigenvalue weighted by atomic mass is 19.4. The van der Waals surface area contributed by atoms with E-state index >= 15 is 0 Å². The van der Waals surface area contributed by atoms with E-state index in [4.69, 9.17) is 20.5 Å². The van der Waals surface area contributed by atoms with Crippen LogP contribution in [0.1, 0.15) is 49.9 Å². The maximum absolute atomic E-state index is 12.6. The van der Waals surface area contributed by atoms with Crippen LogP contribution >= 0.6 is 0 Å². The number of rotatable bonds is 8. The third kappa shape index (κ3) is 9.33. The van der Waals surface area contributed by atoms with Crippen LogP contribution in [-0.4, -0.2) is 65.5 Å². The second-order valence-corrected chi connectivity index (χ2v) is 8.49. The third-order valence-corrected chi connectivity index (χ3v) is 5.24. The lowest BCUT2D eigenvalue weighted by Gasteiger charge is -2.10. The first-order valence-corrected chi connectivity index (χ1v) is 11.6. The van der Waals surface area contributed by atoms with Gasteiger partial charge in [0.25, 0.3) is 5.91 Å². The van der Waals surface area contributed by atoms with Crippen molar-refractivity contribution >= 4 is 24.1 Å². The minimum absolute atomic E-state index is 0.0446. The van der Waals surface area contributed by atoms with E-state index in [1.54, 1.807) is 32.1 Å². The molecule has 1 aromatic heterocycles. The van der Waals surface area contributed by atoms with Crippen molar-refractivity contribution in [2.24, 2.45) is 10.9 Å². The van der Waals surface area contributed by atoms with Crippen molar-refractivity contribution in [2.75, 3.05) is 20.7 Å². The Kier molecular flexibility index (Phi) is 10.8. The van der Waals surface area contributed by atoms with Gasteiger partial charge in [0, 0.05) is 38.6 Å². The van der Waals surface area contributed by atoms with Crippen LogP contribution in [0.5, 0.6) is 0 Å². The van der Waals surface area contributed by atoms with Crippen molar-refractivity contribution in [1.82, 2.24) is 9.47 Å². The van der Waals surface area contributed by atoms with Crippen molar-refractivity contribution in [1.29, 1.82) is 0 Å². The van der Waals surface area contributed by atoms with E-state index in [2.05, 4.69) is 5.10 Å². The molecule has 9 nitrogen and oxygen atoms in total. The summed E-state index contributed by atoms with van der Waals surface area (Å²) in [5.74, 6) is 2.11. The Bertz CT molecular complexity index is 1320. The molecule has 0 aliphatic carbocycles. The molecule has 0 aliphatic rings. The van der Waals surface area contributed by atoms with Gasteiger partial charge in [-0.05, 0) is 53.8 Å². The monoisotopic (exact) mass is 546 g/mol. The molecule has 39 heavy (non-hydrogen) atoms. The number of alkyl halides is 3. The van der Waals surface area contributed by atoms with Gasteiger partial charge in [0.2, 0.25) is 0 Å². The van der Waals surface area contributed by atoms with Crippen molar-refractivity contribution in [3.8, 4) is 0 Å². The number of hydrogen-bond donors (Lipinski definition) is 2. The number of carboxylic acids is 1. The molecule has 0 fully saturated rings. The van der Waals surface area contributed by atoms with Crippen LogP contribution in [0, 0.1) is 0 Å². The van der Waals surface area contributed by atoms with E-state index in [0.29, 0.717) is 30.7 Å². The summed E-state index contributed by atoms with van der Waals surface area (Å²) in [5.41, 5.74) is 5.02. The highest BCUT2D eigenvalue weighted by Gasteiger charge is 2.38. The summed E-state index contributed by atoms with van der Waals surface area (Å²) in [6, 6.07) is 15.3. The number of hydrogen-bond acceptors (Lipinski definition) is 6. The summed E-state index contributed by atoms with van der Waals surface area (Å²) in [7, 11) is 3.45. The largest absolute Gasteiger partial charge is 0.490 e. The molecule has 1 heterocycles. The molecule has 0 atom stereocenters. The summed E-state index contributed by atoms with van der Waals surface area (Å²) in [4.78, 5) is 35.1. The fourth-order valence-electron chi connectivity index (χ4n) is 3.49. The molecule has 0 unspecified atom stereocenters. The van der Waals surface area contributed by atoms with Crippen molar-refractivity contribution in [3.05, 3.63) is 94.3 Å². The second kappa shape index (κ2) is 13.8. The van der Waals surface area contributed by atoms with E-state index in [1.807, 2.05) is 65.5 Å². The second-order valence-electron chi connectivity index (χ2n) is 8.49. The first kappa shape index (κ1) is 30.6. The fourth-order valence-corrected chi connectivity index (χ4v) is 3.49. The van der Waals surface area contributed by atoms with Crippen molar-refractivity contribution in [3.63, 3.8) is 0 Å². The maximum atomic E-state index is 12.6. The van der Waals surface area contributed by atoms with Gasteiger partial charge < -0.3 is 25.2 Å². The number of aliphatic carboxylic acids is 1. The zero-order valence-corrected chi connectivity index (χ0v) is 21.6. The molecule has 3 rings (SSSR count). The van der Waals surface area contributed by atoms with E-state index in [0.717, 1.165) is 22.3 Å². The van der Waals surface area contributed by atoms with E-state index in [9.17, 15) is 22.8 Å². The van der Waals surface area contributed by atoms with Gasteiger partial charge in [-0.3, -0.25) is 4.79 Å². The Labute approximate surface area is 223 Å². The molecule has 3 N–H and O–H groups in total. The SMILES string of the molecule is CCOC(=O)c1cn(Cc2cccc(C=NN)c2)cc1Cc1ccc(C(=O)N(C)C)cc1.O=C(O)C(F)(F)F. The summed E-state index contributed by atoms with van der Waals surface area (Å²) < 4.78 is 39.0. The molecular weight excluding hydrogens is 517 g/mol. The first-order chi connectivity index (χ1) is 18.3. The van der Waals surface area contributed by atoms with Gasteiger partial charge in [-0.15, -0.1) is 0 Å². The molecule has 12 heteroatoms. The summed E-state index contributed by atoms with van der Waals surface area (Å²) in [6.45, 7) is 2.69. The highest BCUT2D eigenvalue weighted by Crippen LogP contribution is 2.20. The lowest BCUT2D eigenvalue weighted by molar-refractivity contribution is -0.192. The molecule has 0 radical (unpaired) electrons. The van der Waals surface area contributed by atoms with Crippen LogP contribution in [0.4, 0.5) is 13.2 Å². The van der Waals surface area contributed by atoms with Crippen LogP contribution < -0.4 is 5.84 Å². The molecule has 0 spiro atoms. The number of halogens is 3. The number of esters is 1. The minimum atomic E-state index is -5.08. The van der Waals surface area contributed by atoms with Crippen molar-refractivity contribution < 1.29 is 37.4 Å². The van der Waals surface area contributed by atoms with E-state index in [-0.39, 0.29) is 11.9 Å². The molecule has 0 saturated heterocycles. The van der Waals surface area contributed by atoms with Gasteiger partial charge >= 0.3 is 18.1 Å². The zero-order chi connectivity index (χ0) is 29.2. The molecule has 3 aromatic rings. The fraction of sp³-hybridized carbons (Fsp3) is 0.259. The van der Waals surface area contributed by atoms with Gasteiger partial charge in [-0.1, -0.05) is 30.3 Å². The smallest absolute Gasteiger partial charge is 0.475 e. The number of amides is 1. The van der Waals surface area contributed by atoms with Gasteiger partial charge in [0.15, 0.2) is 0 Å². The van der Waals surface area contributed by atoms with Gasteiger partial charge in [-0.25, -0.2) is 9.59 Å². The van der Waals surface area contributed by atoms with Gasteiger partial charge in [0.05, 0.1) is 18.4 Å². The summed E-state index contributed by atoms with van der Waals surface area (Å²) in [6.07, 6.45) is 0.854. The van der Waals surface area contributed by atoms with E-state index < -0.39 is 12.1 Å². The molecule has 2 aromatic carbocycles. The van der Waals surface area contributed by atoms with Crippen LogP contribution in [0.2, 0.25) is 0 Å². The van der Waals surface area contributed by atoms with Gasteiger partial charge in [-0.2, -0.15) is 18.3 Å². The van der Waals surface area contributed by atoms with E-state index in [1.165, 1.54) is 0 Å². The zero-order valence-electron chi connectivity index (χ0n) is 21.6. The molecule has 0 bridgehead atoms. The number of nitrogens with zero attached hydrogens (tertiary/aromatic N) is 3. The molecule has 0 saturated carbocycles. The maximum Gasteiger partial charge on any atom is 0.490 e. The predicted octanol–water partition coefficient (Wildman–Crippen LogP) is 3.93. The Balaban J connectivity index is 0.000000673. The van der Waals surface area contributed by atoms with Crippen molar-refractivity contribution in [2.45, 2.75) is 26.1 Å². The Hall–Kier alpha value is -4.61. The number of nitrogens with two attached hydrogens (primary N) is 1. The minimum Gasteiger partial charge on any atom is -0.475 e. The lowest BCUT2D eigenvalue weighted by atomic mass is 10.0. The quantitative estimate of drug-likeness (QED) is 0.191. The van der Waals surface area contributed by atoms with Crippen LogP contribution in [0.25, 0.3) is 0 Å². The number of hydrazone groups is 1. The highest BCUT2D eigenvalue weighted by molar-refractivity contribution is 5.94. The third-order valence-electron chi connectivity index (χ3n) is 5.24. The predicted molar refractivity (Wildman–Crippen MR) is 139 cm³/mol. The number of ether oxygens (including phenoxy) is 1. The van der Waals surface area contributed by atoms with Crippen LogP contribution in [0.15, 0.2) is 66.0 Å². The first-order valence-electron chi connectivity index (χ1n) is 11.6. The summed E-state index contributed by atoms with van der Waals surface area (Å²) >= 11 is 0. The molecule has 0 aliphatic heterocycles. The lowest BCUT2D eigenvalue weighted by Crippen LogP contribution is -2.21. The number of benzene rings is 2. The topological polar surface area (TPSA) is 127 Å². The molecular formula is C27H29F3N4O5. The number of carbonyl (C=O) groups excluding carboxylic acids is 2. The Morgan fingerprint density at radius 3 is 2.26 bits per heavy atom. The standard InChI is InChI=1S/C25H28N4O3.C2HF3O2/c1-4-32-25(31)23-17-29(15-20-7-5-6-19(12-20)14-27-26)16-22(23)13-18-8-10-21(11-9-18)24(30)28(2)3;3-2(4,5)1(6)7/h5-12,14,16-17H,4,13,15,26H2,1-3H3;(H,6,7). The number of carbonyl (C=O) groups is 3. The van der Waals surface area contributed by atoms with Gasteiger partial charge in [0.1, 0.15) is 0 Å². The normalized spacial score (nSPS) is 11.0. The molecule has 208 valence electrons. The average Bonchev–Trinajstić information content (AvgIpc) is 3.26. The van der Waals surface area contributed by atoms with Crippen LogP contribution in [-0.2, 0) is 22.5 Å². The Morgan fingerprint density at radius 2 is 1.72 bits per heavy atom. The number of aromatic nitrogens is 1. The Morgan fingerprint density at radius 1 is 1.08 bits per heavy atom. The molecule has 1 amide bonds. The number of carboxylic acid groups (broad SMARTS) is 1. The van der Waals surface area contributed by atoms with Crippen LogP contribution in [0.3, 0.4) is 0 Å².